The van der Waals surface area contributed by atoms with Gasteiger partial charge in [-0.15, -0.1) is 10.2 Å². The number of aromatic nitrogens is 4. The van der Waals surface area contributed by atoms with Crippen molar-refractivity contribution in [3.8, 4) is 17.1 Å². The van der Waals surface area contributed by atoms with E-state index >= 15 is 0 Å². The first kappa shape index (κ1) is 20.4. The number of pyridine rings is 1. The van der Waals surface area contributed by atoms with Gasteiger partial charge in [-0.2, -0.15) is 0 Å². The summed E-state index contributed by atoms with van der Waals surface area (Å²) < 4.78 is 16.3. The standard InChI is InChI=1S/C24H22N6O3/c1-31-19-10-5-9-18(13-19)26-24-27-22(28-29-24)20-11-6-12-25-23(20)30(21-15-32-16-33-21)14-17-7-3-2-4-8-17/h2-13,15H,14,16H2,1H3,(H2,26,27,28,29). The maximum atomic E-state index is 5.69. The van der Waals surface area contributed by atoms with Crippen molar-refractivity contribution in [1.82, 2.24) is 20.2 Å². The normalized spacial score (nSPS) is 12.5. The molecule has 5 rings (SSSR count). The Morgan fingerprint density at radius 1 is 1.06 bits per heavy atom. The average molecular weight is 442 g/mol. The summed E-state index contributed by atoms with van der Waals surface area (Å²) in [5, 5.41) is 11.8. The molecule has 2 N–H and O–H groups in total. The average Bonchev–Trinajstić information content (AvgIpc) is 3.56. The molecule has 0 saturated carbocycles. The quantitative estimate of drug-likeness (QED) is 0.414. The molecule has 4 aromatic rings. The van der Waals surface area contributed by atoms with Crippen molar-refractivity contribution in [2.75, 3.05) is 24.1 Å². The van der Waals surface area contributed by atoms with E-state index in [0.717, 1.165) is 22.6 Å². The Morgan fingerprint density at radius 2 is 1.97 bits per heavy atom. The second-order valence-corrected chi connectivity index (χ2v) is 7.21. The first-order valence-electron chi connectivity index (χ1n) is 10.4. The van der Waals surface area contributed by atoms with Crippen molar-refractivity contribution in [2.24, 2.45) is 0 Å². The fourth-order valence-electron chi connectivity index (χ4n) is 3.47. The van der Waals surface area contributed by atoms with E-state index in [2.05, 4.69) is 37.6 Å². The molecule has 0 saturated heterocycles. The van der Waals surface area contributed by atoms with Crippen LogP contribution in [0.15, 0.2) is 85.1 Å². The molecule has 0 unspecified atom stereocenters. The fourth-order valence-corrected chi connectivity index (χ4v) is 3.47. The van der Waals surface area contributed by atoms with Gasteiger partial charge in [0, 0.05) is 18.0 Å². The molecule has 0 fully saturated rings. The number of hydrogen-bond donors (Lipinski definition) is 2. The first-order chi connectivity index (χ1) is 16.3. The van der Waals surface area contributed by atoms with Gasteiger partial charge >= 0.3 is 0 Å². The summed E-state index contributed by atoms with van der Waals surface area (Å²) in [5.41, 5.74) is 2.70. The molecular formula is C24H22N6O3. The van der Waals surface area contributed by atoms with Gasteiger partial charge in [-0.25, -0.2) is 4.98 Å². The van der Waals surface area contributed by atoms with E-state index in [4.69, 9.17) is 14.2 Å². The Bertz CT molecular complexity index is 1260. The number of anilines is 3. The zero-order chi connectivity index (χ0) is 22.5. The molecule has 166 valence electrons. The van der Waals surface area contributed by atoms with Gasteiger partial charge in [0.05, 0.1) is 19.2 Å². The molecule has 0 amide bonds. The van der Waals surface area contributed by atoms with Crippen molar-refractivity contribution in [3.63, 3.8) is 0 Å². The van der Waals surface area contributed by atoms with E-state index in [-0.39, 0.29) is 6.79 Å². The van der Waals surface area contributed by atoms with Gasteiger partial charge in [-0.3, -0.25) is 4.90 Å². The zero-order valence-electron chi connectivity index (χ0n) is 17.9. The minimum atomic E-state index is 0.166. The summed E-state index contributed by atoms with van der Waals surface area (Å²) >= 11 is 0. The summed E-state index contributed by atoms with van der Waals surface area (Å²) in [5.74, 6) is 3.07. The highest BCUT2D eigenvalue weighted by atomic mass is 16.7. The van der Waals surface area contributed by atoms with Gasteiger partial charge in [0.2, 0.25) is 18.6 Å². The number of hydrogen-bond acceptors (Lipinski definition) is 8. The Morgan fingerprint density at radius 3 is 2.79 bits per heavy atom. The molecule has 1 aliphatic heterocycles. The summed E-state index contributed by atoms with van der Waals surface area (Å²) in [4.78, 5) is 9.82. The fraction of sp³-hybridized carbons (Fsp3) is 0.125. The Labute approximate surface area is 190 Å². The van der Waals surface area contributed by atoms with Crippen LogP contribution in [0.2, 0.25) is 0 Å². The van der Waals surface area contributed by atoms with Gasteiger partial charge in [-0.1, -0.05) is 36.4 Å². The largest absolute Gasteiger partial charge is 0.497 e. The topological polar surface area (TPSA) is 97.4 Å². The Kier molecular flexibility index (Phi) is 5.75. The number of H-pyrrole nitrogens is 1. The number of benzene rings is 2. The van der Waals surface area contributed by atoms with Crippen LogP contribution in [0.4, 0.5) is 17.5 Å². The lowest BCUT2D eigenvalue weighted by Gasteiger charge is -2.24. The number of ether oxygens (including phenoxy) is 3. The highest BCUT2D eigenvalue weighted by Gasteiger charge is 2.24. The van der Waals surface area contributed by atoms with Gasteiger partial charge in [0.1, 0.15) is 17.8 Å². The molecule has 1 aliphatic rings. The minimum Gasteiger partial charge on any atom is -0.497 e. The molecule has 2 aromatic heterocycles. The SMILES string of the molecule is COc1cccc(Nc2nnc(-c3cccnc3N(Cc3ccccc3)C3=COCO3)[nH]2)c1. The Hall–Kier alpha value is -4.53. The van der Waals surface area contributed by atoms with Crippen molar-refractivity contribution in [2.45, 2.75) is 6.54 Å². The van der Waals surface area contributed by atoms with Crippen LogP contribution in [0.1, 0.15) is 5.56 Å². The maximum Gasteiger partial charge on any atom is 0.234 e. The van der Waals surface area contributed by atoms with Gasteiger partial charge < -0.3 is 24.5 Å². The van der Waals surface area contributed by atoms with Crippen molar-refractivity contribution in [1.29, 1.82) is 0 Å². The minimum absolute atomic E-state index is 0.166. The molecule has 0 bridgehead atoms. The van der Waals surface area contributed by atoms with Gasteiger partial charge in [-0.05, 0) is 29.8 Å². The number of aromatic amines is 1. The number of nitrogens with one attached hydrogen (secondary N) is 2. The van der Waals surface area contributed by atoms with Gasteiger partial charge in [0.15, 0.2) is 5.82 Å². The lowest BCUT2D eigenvalue weighted by Crippen LogP contribution is -2.24. The van der Waals surface area contributed by atoms with Crippen molar-refractivity contribution in [3.05, 3.63) is 90.6 Å². The van der Waals surface area contributed by atoms with Crippen LogP contribution in [-0.4, -0.2) is 34.1 Å². The van der Waals surface area contributed by atoms with E-state index in [0.29, 0.717) is 30.0 Å². The van der Waals surface area contributed by atoms with Crippen LogP contribution in [0, 0.1) is 0 Å². The molecule has 2 aromatic carbocycles. The summed E-state index contributed by atoms with van der Waals surface area (Å²) in [7, 11) is 1.63. The molecule has 3 heterocycles. The van der Waals surface area contributed by atoms with E-state index in [1.807, 2.05) is 59.5 Å². The van der Waals surface area contributed by atoms with Crippen LogP contribution < -0.4 is 15.0 Å². The number of rotatable bonds is 8. The third-order valence-corrected chi connectivity index (χ3v) is 5.03. The Balaban J connectivity index is 1.46. The third kappa shape index (κ3) is 4.57. The van der Waals surface area contributed by atoms with Crippen LogP contribution in [0.25, 0.3) is 11.4 Å². The van der Waals surface area contributed by atoms with Crippen LogP contribution in [0.3, 0.4) is 0 Å². The molecule has 9 heteroatoms. The predicted molar refractivity (Wildman–Crippen MR) is 124 cm³/mol. The van der Waals surface area contributed by atoms with Crippen LogP contribution in [0.5, 0.6) is 5.75 Å². The second-order valence-electron chi connectivity index (χ2n) is 7.21. The maximum absolute atomic E-state index is 5.69. The molecule has 33 heavy (non-hydrogen) atoms. The lowest BCUT2D eigenvalue weighted by molar-refractivity contribution is 0.0781. The van der Waals surface area contributed by atoms with E-state index in [1.54, 1.807) is 19.6 Å². The molecule has 0 radical (unpaired) electrons. The molecular weight excluding hydrogens is 420 g/mol. The molecule has 0 aliphatic carbocycles. The molecule has 9 nitrogen and oxygen atoms in total. The smallest absolute Gasteiger partial charge is 0.234 e. The zero-order valence-corrected chi connectivity index (χ0v) is 17.9. The van der Waals surface area contributed by atoms with Gasteiger partial charge in [0.25, 0.3) is 0 Å². The lowest BCUT2D eigenvalue weighted by atomic mass is 10.2. The third-order valence-electron chi connectivity index (χ3n) is 5.03. The van der Waals surface area contributed by atoms with Crippen molar-refractivity contribution < 1.29 is 14.2 Å². The highest BCUT2D eigenvalue weighted by Crippen LogP contribution is 2.32. The highest BCUT2D eigenvalue weighted by molar-refractivity contribution is 5.73. The van der Waals surface area contributed by atoms with Crippen molar-refractivity contribution >= 4 is 17.5 Å². The van der Waals surface area contributed by atoms with E-state index in [9.17, 15) is 0 Å². The molecule has 0 atom stereocenters. The van der Waals surface area contributed by atoms with Crippen LogP contribution >= 0.6 is 0 Å². The summed E-state index contributed by atoms with van der Waals surface area (Å²) in [6.07, 6.45) is 3.33. The van der Waals surface area contributed by atoms with E-state index in [1.165, 1.54) is 0 Å². The monoisotopic (exact) mass is 442 g/mol. The first-order valence-corrected chi connectivity index (χ1v) is 10.4. The predicted octanol–water partition coefficient (Wildman–Crippen LogP) is 4.43. The number of nitrogens with zero attached hydrogens (tertiary/aromatic N) is 4. The van der Waals surface area contributed by atoms with Crippen LogP contribution in [-0.2, 0) is 16.0 Å². The summed E-state index contributed by atoms with van der Waals surface area (Å²) in [6, 6.07) is 21.5. The number of methoxy groups -OCH3 is 1. The summed E-state index contributed by atoms with van der Waals surface area (Å²) in [6.45, 7) is 0.711. The molecule has 0 spiro atoms. The second kappa shape index (κ2) is 9.31. The van der Waals surface area contributed by atoms with E-state index < -0.39 is 0 Å².